The summed E-state index contributed by atoms with van der Waals surface area (Å²) in [5, 5.41) is 0. The van der Waals surface area contributed by atoms with E-state index in [1.165, 1.54) is 22.4 Å². The average molecular weight is 237 g/mol. The van der Waals surface area contributed by atoms with E-state index in [2.05, 4.69) is 4.98 Å². The van der Waals surface area contributed by atoms with E-state index in [0.717, 1.165) is 12.0 Å². The SMILES string of the molecule is Cc1c(C(=O)N(C)C)sc2ncc(C=O)n12. The molecule has 0 saturated carbocycles. The number of thiazole rings is 1. The zero-order valence-corrected chi connectivity index (χ0v) is 10.0. The molecule has 0 bridgehead atoms. The zero-order valence-electron chi connectivity index (χ0n) is 9.22. The van der Waals surface area contributed by atoms with E-state index in [9.17, 15) is 9.59 Å². The van der Waals surface area contributed by atoms with Gasteiger partial charge >= 0.3 is 0 Å². The molecular formula is C10H11N3O2S. The zero-order chi connectivity index (χ0) is 11.9. The highest BCUT2D eigenvalue weighted by Gasteiger charge is 2.19. The standard InChI is InChI=1S/C10H11N3O2S/c1-6-8(9(15)12(2)3)16-10-11-4-7(5-14)13(6)10/h4-5H,1-3H3. The smallest absolute Gasteiger partial charge is 0.265 e. The Morgan fingerprint density at radius 2 is 2.25 bits per heavy atom. The van der Waals surface area contributed by atoms with Gasteiger partial charge in [0.15, 0.2) is 11.2 Å². The molecule has 0 aromatic carbocycles. The van der Waals surface area contributed by atoms with E-state index in [-0.39, 0.29) is 5.91 Å². The van der Waals surface area contributed by atoms with Crippen LogP contribution in [0.2, 0.25) is 0 Å². The van der Waals surface area contributed by atoms with Crippen molar-refractivity contribution in [2.45, 2.75) is 6.92 Å². The van der Waals surface area contributed by atoms with E-state index in [4.69, 9.17) is 0 Å². The molecule has 0 aliphatic heterocycles. The minimum Gasteiger partial charge on any atom is -0.344 e. The fourth-order valence-electron chi connectivity index (χ4n) is 1.51. The number of carbonyl (C=O) groups is 2. The Balaban J connectivity index is 2.66. The number of hydrogen-bond acceptors (Lipinski definition) is 4. The first-order valence-corrected chi connectivity index (χ1v) is 5.51. The maximum absolute atomic E-state index is 11.8. The van der Waals surface area contributed by atoms with Gasteiger partial charge in [0, 0.05) is 19.8 Å². The molecule has 0 fully saturated rings. The molecule has 84 valence electrons. The minimum absolute atomic E-state index is 0.0650. The van der Waals surface area contributed by atoms with Crippen molar-refractivity contribution in [3.63, 3.8) is 0 Å². The topological polar surface area (TPSA) is 54.7 Å². The molecule has 0 spiro atoms. The van der Waals surface area contributed by atoms with Crippen LogP contribution in [0.5, 0.6) is 0 Å². The molecule has 5 nitrogen and oxygen atoms in total. The molecular weight excluding hydrogens is 226 g/mol. The summed E-state index contributed by atoms with van der Waals surface area (Å²) in [6, 6.07) is 0. The summed E-state index contributed by atoms with van der Waals surface area (Å²) in [5.74, 6) is -0.0650. The van der Waals surface area contributed by atoms with Gasteiger partial charge in [-0.2, -0.15) is 0 Å². The van der Waals surface area contributed by atoms with Crippen LogP contribution in [0, 0.1) is 6.92 Å². The number of fused-ring (bicyclic) bond motifs is 1. The fourth-order valence-corrected chi connectivity index (χ4v) is 2.64. The Kier molecular flexibility index (Phi) is 2.51. The van der Waals surface area contributed by atoms with Crippen LogP contribution in [0.15, 0.2) is 6.20 Å². The summed E-state index contributed by atoms with van der Waals surface area (Å²) >= 11 is 1.30. The van der Waals surface area contributed by atoms with Crippen LogP contribution in [-0.2, 0) is 0 Å². The fraction of sp³-hybridized carbons (Fsp3) is 0.300. The lowest BCUT2D eigenvalue weighted by molar-refractivity contribution is 0.0831. The van der Waals surface area contributed by atoms with E-state index in [1.54, 1.807) is 18.5 Å². The van der Waals surface area contributed by atoms with Gasteiger partial charge < -0.3 is 4.90 Å². The molecule has 0 N–H and O–H groups in total. The number of hydrogen-bond donors (Lipinski definition) is 0. The van der Waals surface area contributed by atoms with Gasteiger partial charge in [0.2, 0.25) is 0 Å². The first kappa shape index (κ1) is 10.8. The molecule has 2 aromatic heterocycles. The van der Waals surface area contributed by atoms with Crippen LogP contribution in [0.4, 0.5) is 0 Å². The van der Waals surface area contributed by atoms with Gasteiger partial charge in [0.1, 0.15) is 10.6 Å². The Labute approximate surface area is 96.3 Å². The lowest BCUT2D eigenvalue weighted by Gasteiger charge is -2.08. The number of aldehydes is 1. The summed E-state index contributed by atoms with van der Waals surface area (Å²) in [5.41, 5.74) is 1.24. The van der Waals surface area contributed by atoms with Crippen LogP contribution in [0.25, 0.3) is 4.96 Å². The highest BCUT2D eigenvalue weighted by Crippen LogP contribution is 2.24. The highest BCUT2D eigenvalue weighted by atomic mass is 32.1. The van der Waals surface area contributed by atoms with E-state index in [1.807, 2.05) is 6.92 Å². The second-order valence-corrected chi connectivity index (χ2v) is 4.61. The van der Waals surface area contributed by atoms with Crippen molar-refractivity contribution < 1.29 is 9.59 Å². The van der Waals surface area contributed by atoms with Gasteiger partial charge in [-0.1, -0.05) is 11.3 Å². The third kappa shape index (κ3) is 1.42. The molecule has 2 aromatic rings. The van der Waals surface area contributed by atoms with Crippen molar-refractivity contribution in [2.24, 2.45) is 0 Å². The van der Waals surface area contributed by atoms with Gasteiger partial charge in [0.05, 0.1) is 6.20 Å². The van der Waals surface area contributed by atoms with Crippen LogP contribution >= 0.6 is 11.3 Å². The molecule has 0 aliphatic carbocycles. The van der Waals surface area contributed by atoms with Crippen molar-refractivity contribution in [3.05, 3.63) is 22.5 Å². The maximum Gasteiger partial charge on any atom is 0.265 e. The average Bonchev–Trinajstić information content (AvgIpc) is 2.78. The number of carbonyl (C=O) groups excluding carboxylic acids is 2. The maximum atomic E-state index is 11.8. The monoisotopic (exact) mass is 237 g/mol. The summed E-state index contributed by atoms with van der Waals surface area (Å²) in [4.78, 5) is 29.5. The van der Waals surface area contributed by atoms with Crippen molar-refractivity contribution >= 4 is 28.5 Å². The quantitative estimate of drug-likeness (QED) is 0.738. The van der Waals surface area contributed by atoms with Crippen LogP contribution < -0.4 is 0 Å². The molecule has 0 unspecified atom stereocenters. The number of aryl methyl sites for hydroxylation is 1. The van der Waals surface area contributed by atoms with Crippen LogP contribution in [0.3, 0.4) is 0 Å². The molecule has 0 aliphatic rings. The second-order valence-electron chi connectivity index (χ2n) is 3.64. The predicted molar refractivity (Wildman–Crippen MR) is 61.2 cm³/mol. The molecule has 6 heteroatoms. The molecule has 0 atom stereocenters. The molecule has 2 heterocycles. The molecule has 1 amide bonds. The summed E-state index contributed by atoms with van der Waals surface area (Å²) < 4.78 is 1.70. The van der Waals surface area contributed by atoms with Crippen molar-refractivity contribution in [2.75, 3.05) is 14.1 Å². The Hall–Kier alpha value is -1.69. The van der Waals surface area contributed by atoms with Gasteiger partial charge in [-0.3, -0.25) is 14.0 Å². The Bertz CT molecular complexity index is 568. The van der Waals surface area contributed by atoms with Crippen LogP contribution in [0.1, 0.15) is 25.9 Å². The lowest BCUT2D eigenvalue weighted by Crippen LogP contribution is -2.21. The van der Waals surface area contributed by atoms with E-state index < -0.39 is 0 Å². The summed E-state index contributed by atoms with van der Waals surface area (Å²) in [7, 11) is 3.40. The third-order valence-electron chi connectivity index (χ3n) is 2.34. The number of imidazole rings is 1. The van der Waals surface area contributed by atoms with Crippen LogP contribution in [-0.4, -0.2) is 40.6 Å². The Morgan fingerprint density at radius 3 is 2.81 bits per heavy atom. The molecule has 0 radical (unpaired) electrons. The second kappa shape index (κ2) is 3.71. The molecule has 2 rings (SSSR count). The van der Waals surface area contributed by atoms with E-state index in [0.29, 0.717) is 15.5 Å². The van der Waals surface area contributed by atoms with Gasteiger partial charge in [0.25, 0.3) is 5.91 Å². The number of nitrogens with zero attached hydrogens (tertiary/aromatic N) is 3. The highest BCUT2D eigenvalue weighted by molar-refractivity contribution is 7.19. The van der Waals surface area contributed by atoms with Crippen molar-refractivity contribution in [3.8, 4) is 0 Å². The predicted octanol–water partition coefficient (Wildman–Crippen LogP) is 1.22. The Morgan fingerprint density at radius 1 is 1.56 bits per heavy atom. The van der Waals surface area contributed by atoms with Gasteiger partial charge in [-0.25, -0.2) is 4.98 Å². The third-order valence-corrected chi connectivity index (χ3v) is 3.48. The normalized spacial score (nSPS) is 10.7. The lowest BCUT2D eigenvalue weighted by atomic mass is 10.3. The van der Waals surface area contributed by atoms with Crippen molar-refractivity contribution in [1.29, 1.82) is 0 Å². The number of amides is 1. The molecule has 0 saturated heterocycles. The largest absolute Gasteiger partial charge is 0.344 e. The molecule has 16 heavy (non-hydrogen) atoms. The first-order chi connectivity index (χ1) is 7.56. The van der Waals surface area contributed by atoms with Gasteiger partial charge in [-0.05, 0) is 6.92 Å². The summed E-state index contributed by atoms with van der Waals surface area (Å²) in [6.45, 7) is 1.81. The van der Waals surface area contributed by atoms with Crippen molar-refractivity contribution in [1.82, 2.24) is 14.3 Å². The van der Waals surface area contributed by atoms with Gasteiger partial charge in [-0.15, -0.1) is 0 Å². The first-order valence-electron chi connectivity index (χ1n) is 4.70. The minimum atomic E-state index is -0.0650. The number of rotatable bonds is 2. The summed E-state index contributed by atoms with van der Waals surface area (Å²) in [6.07, 6.45) is 2.25. The number of aromatic nitrogens is 2. The van der Waals surface area contributed by atoms with E-state index >= 15 is 0 Å².